The highest BCUT2D eigenvalue weighted by Crippen LogP contribution is 2.21. The Morgan fingerprint density at radius 3 is 2.43 bits per heavy atom. The summed E-state index contributed by atoms with van der Waals surface area (Å²) in [5.74, 6) is 0.681. The van der Waals surface area contributed by atoms with Crippen molar-refractivity contribution >= 4 is 0 Å². The number of rotatable bonds is 3. The van der Waals surface area contributed by atoms with Gasteiger partial charge in [-0.05, 0) is 45.7 Å². The first-order valence-electron chi connectivity index (χ1n) is 5.51. The topological polar surface area (TPSA) is 53.0 Å². The van der Waals surface area contributed by atoms with E-state index in [1.165, 1.54) is 12.8 Å². The van der Waals surface area contributed by atoms with Gasteiger partial charge >= 0.3 is 0 Å². The molecule has 3 nitrogen and oxygen atoms in total. The minimum absolute atomic E-state index is 0.323. The van der Waals surface area contributed by atoms with Gasteiger partial charge in [-0.2, -0.15) is 5.26 Å². The predicted molar refractivity (Wildman–Crippen MR) is 57.6 cm³/mol. The van der Waals surface area contributed by atoms with Crippen LogP contribution in [0.2, 0.25) is 0 Å². The Hall–Kier alpha value is -0.590. The minimum Gasteiger partial charge on any atom is -0.328 e. The summed E-state index contributed by atoms with van der Waals surface area (Å²) in [6.07, 6.45) is 3.02. The fourth-order valence-electron chi connectivity index (χ4n) is 2.15. The second-order valence-electron chi connectivity index (χ2n) is 4.44. The van der Waals surface area contributed by atoms with Gasteiger partial charge in [0, 0.05) is 12.1 Å². The summed E-state index contributed by atoms with van der Waals surface area (Å²) in [4.78, 5) is 2.40. The van der Waals surface area contributed by atoms with Crippen molar-refractivity contribution in [1.82, 2.24) is 4.90 Å². The van der Waals surface area contributed by atoms with Gasteiger partial charge < -0.3 is 5.73 Å². The van der Waals surface area contributed by atoms with E-state index in [9.17, 15) is 0 Å². The van der Waals surface area contributed by atoms with Gasteiger partial charge in [0.05, 0.1) is 12.5 Å². The molecule has 0 aromatic carbocycles. The first-order chi connectivity index (χ1) is 6.65. The molecule has 1 saturated heterocycles. The van der Waals surface area contributed by atoms with Crippen molar-refractivity contribution in [2.75, 3.05) is 13.1 Å². The number of likely N-dealkylation sites (tertiary alicyclic amines) is 1. The van der Waals surface area contributed by atoms with Crippen molar-refractivity contribution in [3.05, 3.63) is 0 Å². The lowest BCUT2D eigenvalue weighted by molar-refractivity contribution is 0.134. The molecule has 0 aromatic rings. The largest absolute Gasteiger partial charge is 0.328 e. The number of nitrogens with two attached hydrogens (primary N) is 1. The highest BCUT2D eigenvalue weighted by molar-refractivity contribution is 4.84. The maximum atomic E-state index is 8.61. The lowest BCUT2D eigenvalue weighted by atomic mass is 9.90. The third kappa shape index (κ3) is 2.97. The summed E-state index contributed by atoms with van der Waals surface area (Å²) in [7, 11) is 0. The summed E-state index contributed by atoms with van der Waals surface area (Å²) in [6, 6.07) is 2.97. The van der Waals surface area contributed by atoms with E-state index in [2.05, 4.69) is 24.8 Å². The third-order valence-corrected chi connectivity index (χ3v) is 3.33. The first-order valence-corrected chi connectivity index (χ1v) is 5.51. The molecule has 1 heterocycles. The molecule has 0 aliphatic carbocycles. The van der Waals surface area contributed by atoms with Gasteiger partial charge in [-0.1, -0.05) is 0 Å². The van der Waals surface area contributed by atoms with Gasteiger partial charge in [-0.3, -0.25) is 4.90 Å². The van der Waals surface area contributed by atoms with Crippen LogP contribution in [0.4, 0.5) is 0 Å². The lowest BCUT2D eigenvalue weighted by Crippen LogP contribution is -2.43. The Kier molecular flexibility index (Phi) is 4.37. The van der Waals surface area contributed by atoms with E-state index in [-0.39, 0.29) is 0 Å². The molecule has 0 saturated carbocycles. The fourth-order valence-corrected chi connectivity index (χ4v) is 2.15. The van der Waals surface area contributed by atoms with Crippen LogP contribution in [0.5, 0.6) is 0 Å². The van der Waals surface area contributed by atoms with E-state index in [0.29, 0.717) is 24.4 Å². The van der Waals surface area contributed by atoms with E-state index < -0.39 is 0 Å². The molecule has 1 aliphatic rings. The van der Waals surface area contributed by atoms with Gasteiger partial charge in [0.2, 0.25) is 0 Å². The molecule has 2 atom stereocenters. The number of hydrogen-bond donors (Lipinski definition) is 1. The molecule has 0 amide bonds. The van der Waals surface area contributed by atoms with Crippen LogP contribution in [-0.2, 0) is 0 Å². The Labute approximate surface area is 86.9 Å². The van der Waals surface area contributed by atoms with Crippen LogP contribution in [0.1, 0.15) is 33.1 Å². The highest BCUT2D eigenvalue weighted by Gasteiger charge is 2.24. The van der Waals surface area contributed by atoms with Crippen molar-refractivity contribution in [2.24, 2.45) is 11.7 Å². The zero-order chi connectivity index (χ0) is 10.6. The minimum atomic E-state index is 0.323. The average Bonchev–Trinajstić information content (AvgIpc) is 2.18. The summed E-state index contributed by atoms with van der Waals surface area (Å²) in [5, 5.41) is 8.61. The number of nitriles is 1. The second kappa shape index (κ2) is 5.33. The van der Waals surface area contributed by atoms with Gasteiger partial charge in [0.15, 0.2) is 0 Å². The molecule has 3 heteroatoms. The average molecular weight is 195 g/mol. The summed E-state index contributed by atoms with van der Waals surface area (Å²) >= 11 is 0. The molecule has 1 fully saturated rings. The van der Waals surface area contributed by atoms with Crippen LogP contribution < -0.4 is 5.73 Å². The van der Waals surface area contributed by atoms with Crippen LogP contribution in [0.25, 0.3) is 0 Å². The van der Waals surface area contributed by atoms with E-state index in [1.54, 1.807) is 0 Å². The third-order valence-electron chi connectivity index (χ3n) is 3.33. The fraction of sp³-hybridized carbons (Fsp3) is 0.909. The SMILES string of the molecule is CC(N)C1CCN(C(C)CC#N)CC1. The standard InChI is InChI=1S/C11H21N3/c1-9(3-6-12)14-7-4-11(5-8-14)10(2)13/h9-11H,3-5,7-8,13H2,1-2H3. The molecular formula is C11H21N3. The lowest BCUT2D eigenvalue weighted by Gasteiger charge is -2.36. The van der Waals surface area contributed by atoms with Gasteiger partial charge in [0.25, 0.3) is 0 Å². The highest BCUT2D eigenvalue weighted by atomic mass is 15.2. The van der Waals surface area contributed by atoms with Crippen molar-refractivity contribution in [2.45, 2.75) is 45.2 Å². The van der Waals surface area contributed by atoms with Gasteiger partial charge in [0.1, 0.15) is 0 Å². The zero-order valence-electron chi connectivity index (χ0n) is 9.24. The molecule has 0 aromatic heterocycles. The summed E-state index contributed by atoms with van der Waals surface area (Å²) in [6.45, 7) is 6.44. The Morgan fingerprint density at radius 2 is 2.00 bits per heavy atom. The van der Waals surface area contributed by atoms with E-state index >= 15 is 0 Å². The normalized spacial score (nSPS) is 24.1. The first kappa shape index (κ1) is 11.5. The molecule has 1 rings (SSSR count). The Balaban J connectivity index is 2.32. The van der Waals surface area contributed by atoms with Crippen LogP contribution >= 0.6 is 0 Å². The summed E-state index contributed by atoms with van der Waals surface area (Å²) < 4.78 is 0. The second-order valence-corrected chi connectivity index (χ2v) is 4.44. The maximum Gasteiger partial charge on any atom is 0.0638 e. The molecule has 1 aliphatic heterocycles. The van der Waals surface area contributed by atoms with Gasteiger partial charge in [-0.15, -0.1) is 0 Å². The molecule has 0 radical (unpaired) electrons. The number of nitrogens with zero attached hydrogens (tertiary/aromatic N) is 2. The molecule has 0 bridgehead atoms. The van der Waals surface area contributed by atoms with E-state index in [1.807, 2.05) is 0 Å². The number of piperidine rings is 1. The van der Waals surface area contributed by atoms with E-state index in [0.717, 1.165) is 13.1 Å². The van der Waals surface area contributed by atoms with Crippen molar-refractivity contribution in [3.8, 4) is 6.07 Å². The predicted octanol–water partition coefficient (Wildman–Crippen LogP) is 1.35. The Bertz CT molecular complexity index is 199. The van der Waals surface area contributed by atoms with Crippen LogP contribution in [0.3, 0.4) is 0 Å². The molecule has 0 spiro atoms. The zero-order valence-corrected chi connectivity index (χ0v) is 9.24. The summed E-state index contributed by atoms with van der Waals surface area (Å²) in [5.41, 5.74) is 5.88. The van der Waals surface area contributed by atoms with Crippen LogP contribution in [0.15, 0.2) is 0 Å². The Morgan fingerprint density at radius 1 is 1.43 bits per heavy atom. The van der Waals surface area contributed by atoms with Gasteiger partial charge in [-0.25, -0.2) is 0 Å². The smallest absolute Gasteiger partial charge is 0.0638 e. The van der Waals surface area contributed by atoms with Crippen molar-refractivity contribution < 1.29 is 0 Å². The van der Waals surface area contributed by atoms with Crippen LogP contribution in [0, 0.1) is 17.2 Å². The molecule has 80 valence electrons. The van der Waals surface area contributed by atoms with E-state index in [4.69, 9.17) is 11.0 Å². The van der Waals surface area contributed by atoms with Crippen molar-refractivity contribution in [3.63, 3.8) is 0 Å². The molecule has 2 N–H and O–H groups in total. The molecular weight excluding hydrogens is 174 g/mol. The monoisotopic (exact) mass is 195 g/mol. The number of hydrogen-bond acceptors (Lipinski definition) is 3. The maximum absolute atomic E-state index is 8.61. The molecule has 2 unspecified atom stereocenters. The van der Waals surface area contributed by atoms with Crippen molar-refractivity contribution in [1.29, 1.82) is 5.26 Å². The van der Waals surface area contributed by atoms with Crippen LogP contribution in [-0.4, -0.2) is 30.1 Å². The quantitative estimate of drug-likeness (QED) is 0.739. The molecule has 14 heavy (non-hydrogen) atoms.